The SMILES string of the molecule is CCN1C(=O)C(=Nc2oc(-c3ccccc3)c(-c3ccccc3)c2C#N)c2cc(Br)ccc21. The molecule has 2 heterocycles. The molecule has 0 unspecified atom stereocenters. The Labute approximate surface area is 199 Å². The number of aliphatic imine (C=N–C) groups is 1. The van der Waals surface area contributed by atoms with Gasteiger partial charge < -0.3 is 9.32 Å². The number of likely N-dealkylation sites (N-methyl/N-ethyl adjacent to an activating group) is 1. The van der Waals surface area contributed by atoms with Gasteiger partial charge in [-0.15, -0.1) is 0 Å². The number of hydrogen-bond donors (Lipinski definition) is 0. The molecule has 1 amide bonds. The third-order valence-electron chi connectivity index (χ3n) is 5.58. The molecule has 160 valence electrons. The number of amides is 1. The van der Waals surface area contributed by atoms with Crippen LogP contribution < -0.4 is 4.90 Å². The Kier molecular flexibility index (Phi) is 5.41. The number of nitrogens with zero attached hydrogens (tertiary/aromatic N) is 3. The van der Waals surface area contributed by atoms with Crippen LogP contribution in [-0.2, 0) is 4.79 Å². The standard InChI is InChI=1S/C27H18BrN3O2/c1-2-31-22-14-13-19(28)15-20(22)24(27(31)32)30-26-21(16-29)23(17-9-5-3-6-10-17)25(33-26)18-11-7-4-8-12-18/h3-15H,2H2,1H3. The van der Waals surface area contributed by atoms with Gasteiger partial charge >= 0.3 is 0 Å². The van der Waals surface area contributed by atoms with Gasteiger partial charge in [0.25, 0.3) is 5.91 Å². The van der Waals surface area contributed by atoms with Gasteiger partial charge in [-0.2, -0.15) is 5.26 Å². The fourth-order valence-corrected chi connectivity index (χ4v) is 4.45. The molecule has 0 N–H and O–H groups in total. The lowest BCUT2D eigenvalue weighted by atomic mass is 9.98. The summed E-state index contributed by atoms with van der Waals surface area (Å²) in [5.74, 6) is 0.459. The summed E-state index contributed by atoms with van der Waals surface area (Å²) < 4.78 is 7.05. The molecule has 4 aromatic rings. The molecule has 0 saturated carbocycles. The number of hydrogen-bond acceptors (Lipinski definition) is 4. The predicted octanol–water partition coefficient (Wildman–Crippen LogP) is 6.74. The molecule has 5 rings (SSSR count). The van der Waals surface area contributed by atoms with Crippen molar-refractivity contribution < 1.29 is 9.21 Å². The normalized spacial score (nSPS) is 13.9. The van der Waals surface area contributed by atoms with Crippen LogP contribution in [0.1, 0.15) is 18.1 Å². The summed E-state index contributed by atoms with van der Waals surface area (Å²) in [4.78, 5) is 19.5. The largest absolute Gasteiger partial charge is 0.436 e. The van der Waals surface area contributed by atoms with E-state index in [-0.39, 0.29) is 17.5 Å². The molecule has 1 aliphatic rings. The molecule has 6 heteroatoms. The van der Waals surface area contributed by atoms with Crippen molar-refractivity contribution in [2.24, 2.45) is 4.99 Å². The van der Waals surface area contributed by atoms with Crippen molar-refractivity contribution in [3.63, 3.8) is 0 Å². The second-order valence-corrected chi connectivity index (χ2v) is 8.42. The summed E-state index contributed by atoms with van der Waals surface area (Å²) in [5, 5.41) is 10.1. The van der Waals surface area contributed by atoms with E-state index < -0.39 is 0 Å². The topological polar surface area (TPSA) is 69.6 Å². The van der Waals surface area contributed by atoms with Crippen molar-refractivity contribution in [2.45, 2.75) is 6.92 Å². The van der Waals surface area contributed by atoms with Crippen molar-refractivity contribution in [3.05, 3.63) is 94.5 Å². The monoisotopic (exact) mass is 495 g/mol. The number of rotatable bonds is 4. The Balaban J connectivity index is 1.76. The van der Waals surface area contributed by atoms with Crippen molar-refractivity contribution in [2.75, 3.05) is 11.4 Å². The van der Waals surface area contributed by atoms with Crippen LogP contribution in [0.5, 0.6) is 0 Å². The van der Waals surface area contributed by atoms with Crippen LogP contribution in [-0.4, -0.2) is 18.2 Å². The van der Waals surface area contributed by atoms with Gasteiger partial charge in [0.2, 0.25) is 5.88 Å². The summed E-state index contributed by atoms with van der Waals surface area (Å²) >= 11 is 3.48. The van der Waals surface area contributed by atoms with Gasteiger partial charge in [-0.3, -0.25) is 4.79 Å². The molecule has 1 aromatic heterocycles. The summed E-state index contributed by atoms with van der Waals surface area (Å²) in [6.07, 6.45) is 0. The summed E-state index contributed by atoms with van der Waals surface area (Å²) in [5.41, 5.74) is 4.40. The lowest BCUT2D eigenvalue weighted by molar-refractivity contribution is -0.112. The van der Waals surface area contributed by atoms with Crippen molar-refractivity contribution >= 4 is 39.1 Å². The van der Waals surface area contributed by atoms with Gasteiger partial charge in [0.05, 0.1) is 5.69 Å². The third-order valence-corrected chi connectivity index (χ3v) is 6.07. The van der Waals surface area contributed by atoms with E-state index in [0.717, 1.165) is 21.3 Å². The average Bonchev–Trinajstić information content (AvgIpc) is 3.35. The smallest absolute Gasteiger partial charge is 0.277 e. The van der Waals surface area contributed by atoms with Gasteiger partial charge in [0.15, 0.2) is 0 Å². The minimum atomic E-state index is -0.214. The maximum atomic E-state index is 13.2. The number of halogens is 1. The minimum Gasteiger partial charge on any atom is -0.436 e. The number of anilines is 1. The molecular weight excluding hydrogens is 478 g/mol. The zero-order valence-corrected chi connectivity index (χ0v) is 19.3. The maximum absolute atomic E-state index is 13.2. The number of benzene rings is 3. The van der Waals surface area contributed by atoms with Crippen molar-refractivity contribution in [1.82, 2.24) is 0 Å². The Morgan fingerprint density at radius 1 is 1.00 bits per heavy atom. The highest BCUT2D eigenvalue weighted by Gasteiger charge is 2.34. The van der Waals surface area contributed by atoms with Crippen LogP contribution in [0.25, 0.3) is 22.5 Å². The maximum Gasteiger partial charge on any atom is 0.277 e. The second kappa shape index (κ2) is 8.53. The number of furan rings is 1. The van der Waals surface area contributed by atoms with Crippen LogP contribution in [0.2, 0.25) is 0 Å². The first kappa shape index (κ1) is 20.9. The number of fused-ring (bicyclic) bond motifs is 1. The predicted molar refractivity (Wildman–Crippen MR) is 133 cm³/mol. The fraction of sp³-hybridized carbons (Fsp3) is 0.0741. The molecule has 33 heavy (non-hydrogen) atoms. The van der Waals surface area contributed by atoms with Crippen molar-refractivity contribution in [3.8, 4) is 28.5 Å². The molecule has 0 spiro atoms. The first-order chi connectivity index (χ1) is 16.1. The first-order valence-electron chi connectivity index (χ1n) is 10.5. The van der Waals surface area contributed by atoms with E-state index in [4.69, 9.17) is 4.42 Å². The molecule has 1 aliphatic heterocycles. The Hall–Kier alpha value is -3.95. The van der Waals surface area contributed by atoms with Crippen molar-refractivity contribution in [1.29, 1.82) is 5.26 Å². The molecule has 0 saturated heterocycles. The minimum absolute atomic E-state index is 0.127. The Morgan fingerprint density at radius 2 is 1.67 bits per heavy atom. The molecular formula is C27H18BrN3O2. The Bertz CT molecular complexity index is 1430. The number of carbonyl (C=O) groups is 1. The zero-order valence-electron chi connectivity index (χ0n) is 17.7. The number of nitriles is 1. The van der Waals surface area contributed by atoms with Crippen LogP contribution in [0.15, 0.2) is 92.7 Å². The fourth-order valence-electron chi connectivity index (χ4n) is 4.08. The summed E-state index contributed by atoms with van der Waals surface area (Å²) in [7, 11) is 0. The third kappa shape index (κ3) is 3.57. The van der Waals surface area contributed by atoms with Gasteiger partial charge in [0, 0.05) is 27.7 Å². The summed E-state index contributed by atoms with van der Waals surface area (Å²) in [6, 6.07) is 27.1. The molecule has 0 aliphatic carbocycles. The summed E-state index contributed by atoms with van der Waals surface area (Å²) in [6.45, 7) is 2.43. The van der Waals surface area contributed by atoms with Crippen LogP contribution >= 0.6 is 15.9 Å². The highest BCUT2D eigenvalue weighted by Crippen LogP contribution is 2.43. The van der Waals surface area contributed by atoms with Crippen LogP contribution in [0.4, 0.5) is 11.6 Å². The van der Waals surface area contributed by atoms with E-state index in [2.05, 4.69) is 27.0 Å². The average molecular weight is 496 g/mol. The van der Waals surface area contributed by atoms with Gasteiger partial charge in [-0.25, -0.2) is 4.99 Å². The highest BCUT2D eigenvalue weighted by molar-refractivity contribution is 9.10. The van der Waals surface area contributed by atoms with E-state index in [1.807, 2.05) is 85.8 Å². The van der Waals surface area contributed by atoms with Gasteiger partial charge in [-0.1, -0.05) is 76.6 Å². The Morgan fingerprint density at radius 3 is 2.30 bits per heavy atom. The second-order valence-electron chi connectivity index (χ2n) is 7.50. The van der Waals surface area contributed by atoms with E-state index in [1.54, 1.807) is 4.90 Å². The van der Waals surface area contributed by atoms with Crippen LogP contribution in [0.3, 0.4) is 0 Å². The van der Waals surface area contributed by atoms with Gasteiger partial charge in [-0.05, 0) is 30.7 Å². The quantitative estimate of drug-likeness (QED) is 0.314. The van der Waals surface area contributed by atoms with Crippen LogP contribution in [0, 0.1) is 11.3 Å². The highest BCUT2D eigenvalue weighted by atomic mass is 79.9. The van der Waals surface area contributed by atoms with E-state index >= 15 is 0 Å². The molecule has 3 aromatic carbocycles. The lowest BCUT2D eigenvalue weighted by Gasteiger charge is -2.13. The van der Waals surface area contributed by atoms with E-state index in [1.165, 1.54) is 0 Å². The molecule has 0 atom stereocenters. The van der Waals surface area contributed by atoms with E-state index in [0.29, 0.717) is 29.0 Å². The first-order valence-corrected chi connectivity index (χ1v) is 11.3. The molecule has 0 bridgehead atoms. The lowest BCUT2D eigenvalue weighted by Crippen LogP contribution is -2.29. The van der Waals surface area contributed by atoms with E-state index in [9.17, 15) is 10.1 Å². The van der Waals surface area contributed by atoms with Gasteiger partial charge in [0.1, 0.15) is 23.1 Å². The zero-order chi connectivity index (χ0) is 22.9. The molecule has 0 fully saturated rings. The number of carbonyl (C=O) groups excluding carboxylic acids is 1. The molecule has 0 radical (unpaired) electrons. The molecule has 5 nitrogen and oxygen atoms in total.